The Morgan fingerprint density at radius 2 is 1.82 bits per heavy atom. The van der Waals surface area contributed by atoms with Gasteiger partial charge >= 0.3 is 0 Å². The Labute approximate surface area is 139 Å². The minimum absolute atomic E-state index is 0.616. The van der Waals surface area contributed by atoms with E-state index in [2.05, 4.69) is 41.2 Å². The van der Waals surface area contributed by atoms with Crippen LogP contribution >= 0.6 is 11.6 Å². The fraction of sp³-hybridized carbons (Fsp3) is 0.667. The second kappa shape index (κ2) is 7.31. The van der Waals surface area contributed by atoms with Gasteiger partial charge in [0.1, 0.15) is 0 Å². The molecule has 2 fully saturated rings. The Morgan fingerprint density at radius 1 is 1.14 bits per heavy atom. The maximum Gasteiger partial charge on any atom is 0.0406 e. The average molecular weight is 322 g/mol. The Bertz CT molecular complexity index is 470. The quantitative estimate of drug-likeness (QED) is 0.923. The molecule has 0 spiro atoms. The summed E-state index contributed by atoms with van der Waals surface area (Å²) in [5, 5.41) is 4.32. The summed E-state index contributed by atoms with van der Waals surface area (Å²) in [4.78, 5) is 5.30. The van der Waals surface area contributed by atoms with Crippen molar-refractivity contribution in [2.75, 3.05) is 33.2 Å². The zero-order valence-electron chi connectivity index (χ0n) is 13.8. The van der Waals surface area contributed by atoms with Gasteiger partial charge in [0.25, 0.3) is 0 Å². The van der Waals surface area contributed by atoms with Gasteiger partial charge in [0.15, 0.2) is 0 Å². The van der Waals surface area contributed by atoms with Gasteiger partial charge in [-0.2, -0.15) is 0 Å². The lowest BCUT2D eigenvalue weighted by Crippen LogP contribution is -2.61. The Morgan fingerprint density at radius 3 is 2.50 bits per heavy atom. The lowest BCUT2D eigenvalue weighted by molar-refractivity contribution is 0.0112. The van der Waals surface area contributed by atoms with Gasteiger partial charge in [0.05, 0.1) is 0 Å². The van der Waals surface area contributed by atoms with Crippen LogP contribution in [0.3, 0.4) is 0 Å². The standard InChI is InChI=1S/C18H28ClN3/c1-14-12-22(17-7-9-20-10-8-17)18(13-21(14)2)11-15-3-5-16(19)6-4-15/h3-6,14,17-18,20H,7-13H2,1-2H3/t14-,18-/m0/s1. The number of halogens is 1. The van der Waals surface area contributed by atoms with Gasteiger partial charge in [-0.15, -0.1) is 0 Å². The van der Waals surface area contributed by atoms with E-state index in [9.17, 15) is 0 Å². The molecular weight excluding hydrogens is 294 g/mol. The maximum absolute atomic E-state index is 6.02. The molecule has 0 amide bonds. The van der Waals surface area contributed by atoms with E-state index in [1.54, 1.807) is 0 Å². The van der Waals surface area contributed by atoms with Gasteiger partial charge in [-0.25, -0.2) is 0 Å². The summed E-state index contributed by atoms with van der Waals surface area (Å²) >= 11 is 6.02. The maximum atomic E-state index is 6.02. The van der Waals surface area contributed by atoms with Gasteiger partial charge in [-0.05, 0) is 64.0 Å². The molecule has 1 aromatic rings. The molecular formula is C18H28ClN3. The number of likely N-dealkylation sites (N-methyl/N-ethyl adjacent to an activating group) is 1. The largest absolute Gasteiger partial charge is 0.317 e. The van der Waals surface area contributed by atoms with Gasteiger partial charge in [0, 0.05) is 36.2 Å². The number of hydrogen-bond donors (Lipinski definition) is 1. The molecule has 3 rings (SSSR count). The first-order valence-electron chi connectivity index (χ1n) is 8.54. The number of benzene rings is 1. The van der Waals surface area contributed by atoms with E-state index in [1.165, 1.54) is 38.0 Å². The summed E-state index contributed by atoms with van der Waals surface area (Å²) < 4.78 is 0. The van der Waals surface area contributed by atoms with Crippen molar-refractivity contribution in [2.45, 2.75) is 44.3 Å². The fourth-order valence-electron chi connectivity index (χ4n) is 3.87. The molecule has 0 bridgehead atoms. The molecule has 2 atom stereocenters. The van der Waals surface area contributed by atoms with E-state index in [0.717, 1.165) is 24.0 Å². The molecule has 2 aliphatic rings. The summed E-state index contributed by atoms with van der Waals surface area (Å²) in [6.45, 7) is 7.04. The summed E-state index contributed by atoms with van der Waals surface area (Å²) in [6, 6.07) is 10.4. The minimum atomic E-state index is 0.616. The van der Waals surface area contributed by atoms with E-state index >= 15 is 0 Å². The van der Waals surface area contributed by atoms with Crippen LogP contribution in [0.5, 0.6) is 0 Å². The topological polar surface area (TPSA) is 18.5 Å². The summed E-state index contributed by atoms with van der Waals surface area (Å²) in [6.07, 6.45) is 3.69. The Kier molecular flexibility index (Phi) is 5.40. The molecule has 122 valence electrons. The van der Waals surface area contributed by atoms with Crippen LogP contribution in [0.2, 0.25) is 5.02 Å². The number of nitrogens with zero attached hydrogens (tertiary/aromatic N) is 2. The SMILES string of the molecule is C[C@H]1CN(C2CCNCC2)[C@@H](Cc2ccc(Cl)cc2)CN1C. The van der Waals surface area contributed by atoms with Gasteiger partial charge < -0.3 is 10.2 Å². The van der Waals surface area contributed by atoms with Crippen LogP contribution in [-0.4, -0.2) is 61.2 Å². The van der Waals surface area contributed by atoms with Crippen molar-refractivity contribution in [1.82, 2.24) is 15.1 Å². The molecule has 2 heterocycles. The van der Waals surface area contributed by atoms with Gasteiger partial charge in [-0.3, -0.25) is 4.90 Å². The number of hydrogen-bond acceptors (Lipinski definition) is 3. The molecule has 0 aromatic heterocycles. The molecule has 1 aromatic carbocycles. The van der Waals surface area contributed by atoms with Crippen molar-refractivity contribution >= 4 is 11.6 Å². The normalized spacial score (nSPS) is 28.9. The summed E-state index contributed by atoms with van der Waals surface area (Å²) in [5.41, 5.74) is 1.40. The third-order valence-electron chi connectivity index (χ3n) is 5.36. The molecule has 22 heavy (non-hydrogen) atoms. The zero-order valence-corrected chi connectivity index (χ0v) is 14.5. The van der Waals surface area contributed by atoms with Crippen LogP contribution in [0.25, 0.3) is 0 Å². The van der Waals surface area contributed by atoms with Gasteiger partial charge in [-0.1, -0.05) is 23.7 Å². The Hall–Kier alpha value is -0.610. The van der Waals surface area contributed by atoms with E-state index in [1.807, 2.05) is 12.1 Å². The lowest BCUT2D eigenvalue weighted by Gasteiger charge is -2.48. The number of rotatable bonds is 3. The molecule has 3 nitrogen and oxygen atoms in total. The highest BCUT2D eigenvalue weighted by Gasteiger charge is 2.34. The van der Waals surface area contributed by atoms with Crippen LogP contribution in [-0.2, 0) is 6.42 Å². The third kappa shape index (κ3) is 3.83. The summed E-state index contributed by atoms with van der Waals surface area (Å²) in [7, 11) is 2.26. The van der Waals surface area contributed by atoms with Crippen molar-refractivity contribution in [2.24, 2.45) is 0 Å². The fourth-order valence-corrected chi connectivity index (χ4v) is 4.00. The highest BCUT2D eigenvalue weighted by Crippen LogP contribution is 2.24. The van der Waals surface area contributed by atoms with E-state index < -0.39 is 0 Å². The third-order valence-corrected chi connectivity index (χ3v) is 5.61. The first kappa shape index (κ1) is 16.3. The average Bonchev–Trinajstić information content (AvgIpc) is 2.54. The van der Waals surface area contributed by atoms with Crippen molar-refractivity contribution in [1.29, 1.82) is 0 Å². The molecule has 2 aliphatic heterocycles. The van der Waals surface area contributed by atoms with Crippen molar-refractivity contribution in [3.8, 4) is 0 Å². The molecule has 1 N–H and O–H groups in total. The summed E-state index contributed by atoms with van der Waals surface area (Å²) in [5.74, 6) is 0. The van der Waals surface area contributed by atoms with Crippen LogP contribution in [0.1, 0.15) is 25.3 Å². The van der Waals surface area contributed by atoms with Crippen LogP contribution in [0.4, 0.5) is 0 Å². The van der Waals surface area contributed by atoms with Crippen molar-refractivity contribution in [3.05, 3.63) is 34.9 Å². The van der Waals surface area contributed by atoms with E-state index in [0.29, 0.717) is 12.1 Å². The molecule has 2 saturated heterocycles. The van der Waals surface area contributed by atoms with Crippen molar-refractivity contribution in [3.63, 3.8) is 0 Å². The monoisotopic (exact) mass is 321 g/mol. The molecule has 4 heteroatoms. The molecule has 0 unspecified atom stereocenters. The van der Waals surface area contributed by atoms with E-state index in [-0.39, 0.29) is 0 Å². The predicted octanol–water partition coefficient (Wildman–Crippen LogP) is 2.64. The lowest BCUT2D eigenvalue weighted by atomic mass is 9.95. The highest BCUT2D eigenvalue weighted by atomic mass is 35.5. The highest BCUT2D eigenvalue weighted by molar-refractivity contribution is 6.30. The molecule has 0 saturated carbocycles. The van der Waals surface area contributed by atoms with Crippen LogP contribution < -0.4 is 5.32 Å². The second-order valence-corrected chi connectivity index (χ2v) is 7.39. The number of nitrogens with one attached hydrogen (secondary N) is 1. The Balaban J connectivity index is 1.73. The molecule has 0 radical (unpaired) electrons. The van der Waals surface area contributed by atoms with E-state index in [4.69, 9.17) is 11.6 Å². The van der Waals surface area contributed by atoms with Crippen LogP contribution in [0.15, 0.2) is 24.3 Å². The number of piperazine rings is 1. The first-order chi connectivity index (χ1) is 10.6. The smallest absolute Gasteiger partial charge is 0.0406 e. The minimum Gasteiger partial charge on any atom is -0.317 e. The number of piperidine rings is 1. The van der Waals surface area contributed by atoms with Gasteiger partial charge in [0.2, 0.25) is 0 Å². The molecule has 0 aliphatic carbocycles. The predicted molar refractivity (Wildman–Crippen MR) is 93.6 cm³/mol. The second-order valence-electron chi connectivity index (χ2n) is 6.95. The zero-order chi connectivity index (χ0) is 15.5. The first-order valence-corrected chi connectivity index (χ1v) is 8.92. The van der Waals surface area contributed by atoms with Crippen molar-refractivity contribution < 1.29 is 0 Å². The van der Waals surface area contributed by atoms with Crippen LogP contribution in [0, 0.1) is 0 Å².